The maximum Gasteiger partial charge on any atom is 0.307 e. The molecule has 2 N–H and O–H groups in total. The van der Waals surface area contributed by atoms with Crippen LogP contribution in [0.1, 0.15) is 19.3 Å². The van der Waals surface area contributed by atoms with Gasteiger partial charge >= 0.3 is 5.97 Å². The lowest BCUT2D eigenvalue weighted by Gasteiger charge is -2.24. The van der Waals surface area contributed by atoms with Gasteiger partial charge in [-0.1, -0.05) is 12.2 Å². The van der Waals surface area contributed by atoms with Crippen LogP contribution in [-0.4, -0.2) is 48.1 Å². The smallest absolute Gasteiger partial charge is 0.307 e. The Morgan fingerprint density at radius 3 is 2.45 bits per heavy atom. The minimum atomic E-state index is -0.832. The van der Waals surface area contributed by atoms with Gasteiger partial charge in [-0.15, -0.1) is 0 Å². The molecule has 2 bridgehead atoms. The van der Waals surface area contributed by atoms with Crippen LogP contribution in [0, 0.1) is 23.7 Å². The van der Waals surface area contributed by atoms with E-state index < -0.39 is 11.9 Å². The molecule has 5 nitrogen and oxygen atoms in total. The number of hydrogen-bond donors (Lipinski definition) is 2. The fraction of sp³-hybridized carbons (Fsp3) is 0.733. The summed E-state index contributed by atoms with van der Waals surface area (Å²) in [6, 6.07) is 0. The Kier molecular flexibility index (Phi) is 3.78. The molecular formula is C15H22N2O3. The molecule has 1 heterocycles. The van der Waals surface area contributed by atoms with Gasteiger partial charge in [0.1, 0.15) is 0 Å². The largest absolute Gasteiger partial charge is 0.481 e. The maximum absolute atomic E-state index is 12.3. The number of fused-ring (bicyclic) bond motifs is 2. The number of aliphatic carboxylic acids is 1. The normalized spacial score (nSPS) is 35.6. The summed E-state index contributed by atoms with van der Waals surface area (Å²) >= 11 is 0. The Bertz CT molecular complexity index is 429. The van der Waals surface area contributed by atoms with Crippen LogP contribution >= 0.6 is 0 Å². The van der Waals surface area contributed by atoms with Crippen molar-refractivity contribution in [2.24, 2.45) is 23.7 Å². The van der Waals surface area contributed by atoms with Gasteiger partial charge in [-0.2, -0.15) is 0 Å². The molecule has 1 aliphatic heterocycles. The molecule has 1 saturated carbocycles. The van der Waals surface area contributed by atoms with E-state index in [-0.39, 0.29) is 23.7 Å². The maximum atomic E-state index is 12.3. The van der Waals surface area contributed by atoms with Crippen molar-refractivity contribution < 1.29 is 14.7 Å². The Labute approximate surface area is 119 Å². The third kappa shape index (κ3) is 2.46. The van der Waals surface area contributed by atoms with Crippen molar-refractivity contribution in [3.8, 4) is 0 Å². The lowest BCUT2D eigenvalue weighted by molar-refractivity contribution is -0.147. The summed E-state index contributed by atoms with van der Waals surface area (Å²) in [5.41, 5.74) is 0. The first kappa shape index (κ1) is 13.6. The van der Waals surface area contributed by atoms with Crippen molar-refractivity contribution in [3.63, 3.8) is 0 Å². The Morgan fingerprint density at radius 1 is 1.15 bits per heavy atom. The molecule has 3 rings (SSSR count). The summed E-state index contributed by atoms with van der Waals surface area (Å²) in [6.45, 7) is 3.73. The fourth-order valence-electron chi connectivity index (χ4n) is 3.98. The van der Waals surface area contributed by atoms with E-state index in [9.17, 15) is 14.7 Å². The lowest BCUT2D eigenvalue weighted by atomic mass is 9.82. The van der Waals surface area contributed by atoms with Gasteiger partial charge in [0.15, 0.2) is 0 Å². The number of rotatable bonds is 5. The van der Waals surface area contributed by atoms with E-state index in [0.717, 1.165) is 26.1 Å². The Hall–Kier alpha value is -1.36. The molecule has 110 valence electrons. The molecule has 0 aromatic rings. The van der Waals surface area contributed by atoms with Crippen molar-refractivity contribution in [2.45, 2.75) is 19.3 Å². The van der Waals surface area contributed by atoms with Crippen LogP contribution in [0.3, 0.4) is 0 Å². The molecule has 1 saturated heterocycles. The third-order valence-corrected chi connectivity index (χ3v) is 4.97. The second-order valence-corrected chi connectivity index (χ2v) is 6.18. The van der Waals surface area contributed by atoms with E-state index >= 15 is 0 Å². The number of carbonyl (C=O) groups excluding carboxylic acids is 1. The standard InChI is InChI=1S/C15H22N2O3/c18-14(16-5-8-17-6-1-2-7-17)12-10-3-4-11(9-10)13(12)15(19)20/h3-4,10-13H,1-2,5-9H2,(H,16,18)(H,19,20)/t10?,11?,12-,13+/m0/s1. The Balaban J connectivity index is 1.53. The van der Waals surface area contributed by atoms with Gasteiger partial charge in [0, 0.05) is 13.1 Å². The molecule has 20 heavy (non-hydrogen) atoms. The number of amides is 1. The van der Waals surface area contributed by atoms with Crippen LogP contribution in [0.4, 0.5) is 0 Å². The molecular weight excluding hydrogens is 256 g/mol. The summed E-state index contributed by atoms with van der Waals surface area (Å²) in [5, 5.41) is 12.3. The lowest BCUT2D eigenvalue weighted by Crippen LogP contribution is -2.42. The summed E-state index contributed by atoms with van der Waals surface area (Å²) in [7, 11) is 0. The topological polar surface area (TPSA) is 69.6 Å². The minimum Gasteiger partial charge on any atom is -0.481 e. The average Bonchev–Trinajstić information content (AvgIpc) is 3.13. The first-order valence-corrected chi connectivity index (χ1v) is 7.58. The highest BCUT2D eigenvalue weighted by Gasteiger charge is 2.51. The highest BCUT2D eigenvalue weighted by Crippen LogP contribution is 2.48. The zero-order chi connectivity index (χ0) is 14.1. The second-order valence-electron chi connectivity index (χ2n) is 6.18. The number of likely N-dealkylation sites (tertiary alicyclic amines) is 1. The molecule has 0 aromatic carbocycles. The van der Waals surface area contributed by atoms with Gasteiger partial charge in [-0.3, -0.25) is 9.59 Å². The van der Waals surface area contributed by atoms with E-state index in [4.69, 9.17) is 0 Å². The van der Waals surface area contributed by atoms with E-state index in [1.54, 1.807) is 0 Å². The first-order chi connectivity index (χ1) is 9.66. The minimum absolute atomic E-state index is 0.0480. The summed E-state index contributed by atoms with van der Waals surface area (Å²) in [4.78, 5) is 26.0. The van der Waals surface area contributed by atoms with Gasteiger partial charge in [0.05, 0.1) is 11.8 Å². The van der Waals surface area contributed by atoms with Gasteiger partial charge < -0.3 is 15.3 Å². The summed E-state index contributed by atoms with van der Waals surface area (Å²) in [6.07, 6.45) is 7.30. The van der Waals surface area contributed by atoms with Crippen LogP contribution in [0.5, 0.6) is 0 Å². The molecule has 0 radical (unpaired) electrons. The second kappa shape index (κ2) is 5.56. The van der Waals surface area contributed by atoms with Crippen molar-refractivity contribution in [1.82, 2.24) is 10.2 Å². The third-order valence-electron chi connectivity index (χ3n) is 4.97. The first-order valence-electron chi connectivity index (χ1n) is 7.58. The summed E-state index contributed by atoms with van der Waals surface area (Å²) < 4.78 is 0. The van der Waals surface area contributed by atoms with Crippen molar-refractivity contribution >= 4 is 11.9 Å². The van der Waals surface area contributed by atoms with Crippen LogP contribution in [0.15, 0.2) is 12.2 Å². The average molecular weight is 278 g/mol. The highest BCUT2D eigenvalue weighted by atomic mass is 16.4. The molecule has 2 fully saturated rings. The Morgan fingerprint density at radius 2 is 1.80 bits per heavy atom. The number of hydrogen-bond acceptors (Lipinski definition) is 3. The fourth-order valence-corrected chi connectivity index (χ4v) is 3.98. The van der Waals surface area contributed by atoms with E-state index in [1.807, 2.05) is 12.2 Å². The van der Waals surface area contributed by atoms with Crippen LogP contribution in [0.25, 0.3) is 0 Å². The van der Waals surface area contributed by atoms with E-state index in [1.165, 1.54) is 12.8 Å². The molecule has 1 amide bonds. The van der Waals surface area contributed by atoms with Gasteiger partial charge in [0.2, 0.25) is 5.91 Å². The molecule has 5 heteroatoms. The number of allylic oxidation sites excluding steroid dienone is 2. The van der Waals surface area contributed by atoms with Crippen molar-refractivity contribution in [2.75, 3.05) is 26.2 Å². The van der Waals surface area contributed by atoms with Gasteiger partial charge in [-0.05, 0) is 44.2 Å². The number of carboxylic acids is 1. The highest BCUT2D eigenvalue weighted by molar-refractivity contribution is 5.86. The van der Waals surface area contributed by atoms with Crippen LogP contribution in [-0.2, 0) is 9.59 Å². The molecule has 2 aliphatic carbocycles. The van der Waals surface area contributed by atoms with E-state index in [0.29, 0.717) is 6.54 Å². The zero-order valence-corrected chi connectivity index (χ0v) is 11.6. The number of carbonyl (C=O) groups is 2. The van der Waals surface area contributed by atoms with Crippen molar-refractivity contribution in [3.05, 3.63) is 12.2 Å². The molecule has 0 aromatic heterocycles. The van der Waals surface area contributed by atoms with Crippen molar-refractivity contribution in [1.29, 1.82) is 0 Å². The zero-order valence-electron chi connectivity index (χ0n) is 11.6. The predicted octanol–water partition coefficient (Wildman–Crippen LogP) is 0.721. The number of nitrogens with zero attached hydrogens (tertiary/aromatic N) is 1. The van der Waals surface area contributed by atoms with Gasteiger partial charge in [-0.25, -0.2) is 0 Å². The number of carboxylic acid groups (broad SMARTS) is 1. The monoisotopic (exact) mass is 278 g/mol. The van der Waals surface area contributed by atoms with E-state index in [2.05, 4.69) is 10.2 Å². The summed E-state index contributed by atoms with van der Waals surface area (Å²) in [5.74, 6) is -1.65. The van der Waals surface area contributed by atoms with Crippen LogP contribution < -0.4 is 5.32 Å². The molecule has 2 unspecified atom stereocenters. The molecule has 0 spiro atoms. The number of nitrogens with one attached hydrogen (secondary N) is 1. The predicted molar refractivity (Wildman–Crippen MR) is 74.0 cm³/mol. The van der Waals surface area contributed by atoms with Crippen LogP contribution in [0.2, 0.25) is 0 Å². The quantitative estimate of drug-likeness (QED) is 0.727. The SMILES string of the molecule is O=C(O)[C@@H]1C2C=CC(C2)[C@@H]1C(=O)NCCN1CCCC1. The molecule has 3 aliphatic rings. The molecule has 4 atom stereocenters. The van der Waals surface area contributed by atoms with Gasteiger partial charge in [0.25, 0.3) is 0 Å².